The first-order valence-corrected chi connectivity index (χ1v) is 7.42. The number of halogens is 1. The third kappa shape index (κ3) is 3.23. The standard InChI is InChI=1S/C17H15BrO2/c18-16-8-4-5-9-17(16)20-15-11-10-14(12-15)19-13-6-2-1-3-7-13/h1-11,14-15H,12H2/t14-,15-/m1/s1. The Bertz CT molecular complexity index is 595. The molecule has 1 aliphatic carbocycles. The Hall–Kier alpha value is -1.74. The van der Waals surface area contributed by atoms with Crippen LogP contribution in [0.2, 0.25) is 0 Å². The lowest BCUT2D eigenvalue weighted by atomic mass is 10.2. The van der Waals surface area contributed by atoms with E-state index in [0.29, 0.717) is 0 Å². The highest BCUT2D eigenvalue weighted by Crippen LogP contribution is 2.28. The van der Waals surface area contributed by atoms with Crippen LogP contribution in [-0.4, -0.2) is 12.2 Å². The molecule has 102 valence electrons. The van der Waals surface area contributed by atoms with Crippen LogP contribution in [0.1, 0.15) is 6.42 Å². The second-order valence-corrected chi connectivity index (χ2v) is 5.53. The zero-order chi connectivity index (χ0) is 13.8. The van der Waals surface area contributed by atoms with Gasteiger partial charge in [0.1, 0.15) is 23.7 Å². The summed E-state index contributed by atoms with van der Waals surface area (Å²) in [7, 11) is 0. The lowest BCUT2D eigenvalue weighted by Crippen LogP contribution is -2.18. The van der Waals surface area contributed by atoms with Crippen molar-refractivity contribution in [3.8, 4) is 11.5 Å². The molecule has 0 heterocycles. The number of para-hydroxylation sites is 2. The van der Waals surface area contributed by atoms with Crippen LogP contribution >= 0.6 is 15.9 Å². The predicted molar refractivity (Wildman–Crippen MR) is 83.2 cm³/mol. The van der Waals surface area contributed by atoms with Crippen molar-refractivity contribution in [1.29, 1.82) is 0 Å². The molecule has 0 saturated carbocycles. The van der Waals surface area contributed by atoms with Crippen molar-refractivity contribution in [2.75, 3.05) is 0 Å². The fourth-order valence-corrected chi connectivity index (χ4v) is 2.56. The normalized spacial score (nSPS) is 20.9. The van der Waals surface area contributed by atoms with E-state index >= 15 is 0 Å². The highest BCUT2D eigenvalue weighted by molar-refractivity contribution is 9.10. The maximum atomic E-state index is 5.96. The van der Waals surface area contributed by atoms with Gasteiger partial charge in [0.2, 0.25) is 0 Å². The van der Waals surface area contributed by atoms with E-state index in [1.807, 2.05) is 54.6 Å². The van der Waals surface area contributed by atoms with Crippen LogP contribution in [-0.2, 0) is 0 Å². The molecule has 0 bridgehead atoms. The maximum Gasteiger partial charge on any atom is 0.134 e. The first kappa shape index (κ1) is 13.3. The van der Waals surface area contributed by atoms with Crippen LogP contribution in [0.5, 0.6) is 11.5 Å². The van der Waals surface area contributed by atoms with Crippen LogP contribution in [0.4, 0.5) is 0 Å². The SMILES string of the molecule is Brc1ccccc1O[C@@H]1C=C[C@@H](Oc2ccccc2)C1. The summed E-state index contributed by atoms with van der Waals surface area (Å²) >= 11 is 3.49. The number of hydrogen-bond acceptors (Lipinski definition) is 2. The van der Waals surface area contributed by atoms with Gasteiger partial charge in [-0.25, -0.2) is 0 Å². The summed E-state index contributed by atoms with van der Waals surface area (Å²) in [6.07, 6.45) is 5.09. The summed E-state index contributed by atoms with van der Waals surface area (Å²) < 4.78 is 12.8. The Morgan fingerprint density at radius 2 is 1.45 bits per heavy atom. The van der Waals surface area contributed by atoms with Crippen molar-refractivity contribution in [2.24, 2.45) is 0 Å². The van der Waals surface area contributed by atoms with E-state index in [1.54, 1.807) is 0 Å². The molecule has 0 spiro atoms. The average molecular weight is 331 g/mol. The Balaban J connectivity index is 1.58. The van der Waals surface area contributed by atoms with Gasteiger partial charge in [0.25, 0.3) is 0 Å². The second kappa shape index (κ2) is 6.14. The minimum atomic E-state index is 0.0578. The summed E-state index contributed by atoms with van der Waals surface area (Å²) in [6, 6.07) is 17.8. The Morgan fingerprint density at radius 1 is 0.800 bits per heavy atom. The van der Waals surface area contributed by atoms with Gasteiger partial charge in [-0.1, -0.05) is 30.3 Å². The summed E-state index contributed by atoms with van der Waals surface area (Å²) in [5.74, 6) is 1.76. The molecule has 0 unspecified atom stereocenters. The van der Waals surface area contributed by atoms with Crippen LogP contribution in [0.25, 0.3) is 0 Å². The summed E-state index contributed by atoms with van der Waals surface area (Å²) in [5, 5.41) is 0. The van der Waals surface area contributed by atoms with E-state index in [-0.39, 0.29) is 12.2 Å². The summed E-state index contributed by atoms with van der Waals surface area (Å²) in [6.45, 7) is 0. The van der Waals surface area contributed by atoms with E-state index in [1.165, 1.54) is 0 Å². The maximum absolute atomic E-state index is 5.96. The van der Waals surface area contributed by atoms with E-state index in [9.17, 15) is 0 Å². The molecule has 0 aromatic heterocycles. The fourth-order valence-electron chi connectivity index (χ4n) is 2.19. The van der Waals surface area contributed by atoms with Gasteiger partial charge in [-0.15, -0.1) is 0 Å². The van der Waals surface area contributed by atoms with Crippen molar-refractivity contribution < 1.29 is 9.47 Å². The van der Waals surface area contributed by atoms with Gasteiger partial charge in [-0.2, -0.15) is 0 Å². The van der Waals surface area contributed by atoms with Gasteiger partial charge in [-0.3, -0.25) is 0 Å². The molecule has 0 radical (unpaired) electrons. The van der Waals surface area contributed by atoms with Crippen molar-refractivity contribution in [2.45, 2.75) is 18.6 Å². The molecule has 3 heteroatoms. The quantitative estimate of drug-likeness (QED) is 0.762. The average Bonchev–Trinajstić information content (AvgIpc) is 2.90. The fraction of sp³-hybridized carbons (Fsp3) is 0.176. The van der Waals surface area contributed by atoms with Gasteiger partial charge < -0.3 is 9.47 Å². The minimum Gasteiger partial charge on any atom is -0.486 e. The molecule has 0 fully saturated rings. The largest absolute Gasteiger partial charge is 0.486 e. The van der Waals surface area contributed by atoms with Crippen molar-refractivity contribution >= 4 is 15.9 Å². The van der Waals surface area contributed by atoms with Crippen LogP contribution in [0.15, 0.2) is 71.2 Å². The van der Waals surface area contributed by atoms with Gasteiger partial charge >= 0.3 is 0 Å². The predicted octanol–water partition coefficient (Wildman–Crippen LogP) is 4.60. The number of hydrogen-bond donors (Lipinski definition) is 0. The first-order valence-electron chi connectivity index (χ1n) is 6.62. The highest BCUT2D eigenvalue weighted by Gasteiger charge is 2.22. The Morgan fingerprint density at radius 3 is 2.20 bits per heavy atom. The summed E-state index contributed by atoms with van der Waals surface area (Å²) in [5.41, 5.74) is 0. The molecule has 3 rings (SSSR count). The molecule has 2 aromatic carbocycles. The number of rotatable bonds is 4. The van der Waals surface area contributed by atoms with Gasteiger partial charge in [0.05, 0.1) is 4.47 Å². The molecular formula is C17H15BrO2. The number of ether oxygens (including phenoxy) is 2. The van der Waals surface area contributed by atoms with E-state index < -0.39 is 0 Å². The van der Waals surface area contributed by atoms with Crippen LogP contribution < -0.4 is 9.47 Å². The molecule has 20 heavy (non-hydrogen) atoms. The lowest BCUT2D eigenvalue weighted by Gasteiger charge is -2.16. The molecule has 2 nitrogen and oxygen atoms in total. The third-order valence-electron chi connectivity index (χ3n) is 3.15. The Labute approximate surface area is 127 Å². The van der Waals surface area contributed by atoms with Crippen molar-refractivity contribution in [3.05, 3.63) is 71.2 Å². The zero-order valence-electron chi connectivity index (χ0n) is 10.9. The van der Waals surface area contributed by atoms with Crippen LogP contribution in [0, 0.1) is 0 Å². The molecule has 2 aromatic rings. The van der Waals surface area contributed by atoms with Crippen LogP contribution in [0.3, 0.4) is 0 Å². The third-order valence-corrected chi connectivity index (χ3v) is 3.81. The van der Waals surface area contributed by atoms with Gasteiger partial charge in [0.15, 0.2) is 0 Å². The first-order chi connectivity index (χ1) is 9.81. The van der Waals surface area contributed by atoms with E-state index in [0.717, 1.165) is 22.4 Å². The molecule has 0 amide bonds. The summed E-state index contributed by atoms with van der Waals surface area (Å²) in [4.78, 5) is 0. The second-order valence-electron chi connectivity index (χ2n) is 4.68. The molecule has 2 atom stereocenters. The van der Waals surface area contributed by atoms with Crippen molar-refractivity contribution in [1.82, 2.24) is 0 Å². The van der Waals surface area contributed by atoms with E-state index in [2.05, 4.69) is 28.1 Å². The topological polar surface area (TPSA) is 18.5 Å². The highest BCUT2D eigenvalue weighted by atomic mass is 79.9. The smallest absolute Gasteiger partial charge is 0.134 e. The molecule has 0 aliphatic heterocycles. The zero-order valence-corrected chi connectivity index (χ0v) is 12.5. The van der Waals surface area contributed by atoms with E-state index in [4.69, 9.17) is 9.47 Å². The molecule has 0 saturated heterocycles. The lowest BCUT2D eigenvalue weighted by molar-refractivity contribution is 0.179. The van der Waals surface area contributed by atoms with Gasteiger partial charge in [-0.05, 0) is 52.3 Å². The molecular weight excluding hydrogens is 316 g/mol. The minimum absolute atomic E-state index is 0.0578. The molecule has 1 aliphatic rings. The monoisotopic (exact) mass is 330 g/mol. The Kier molecular flexibility index (Phi) is 4.07. The molecule has 0 N–H and O–H groups in total. The van der Waals surface area contributed by atoms with Crippen molar-refractivity contribution in [3.63, 3.8) is 0 Å². The van der Waals surface area contributed by atoms with Gasteiger partial charge in [0, 0.05) is 6.42 Å². The number of benzene rings is 2.